The van der Waals surface area contributed by atoms with Crippen molar-refractivity contribution in [2.24, 2.45) is 5.92 Å². The Morgan fingerprint density at radius 1 is 1.16 bits per heavy atom. The number of hydrogen-bond donors (Lipinski definition) is 3. The van der Waals surface area contributed by atoms with Gasteiger partial charge in [-0.25, -0.2) is 0 Å². The summed E-state index contributed by atoms with van der Waals surface area (Å²) in [6.07, 6.45) is 3.21. The van der Waals surface area contributed by atoms with Crippen molar-refractivity contribution in [3.63, 3.8) is 0 Å². The first kappa shape index (κ1) is 17.0. The van der Waals surface area contributed by atoms with Crippen molar-refractivity contribution < 1.29 is 9.84 Å². The van der Waals surface area contributed by atoms with Gasteiger partial charge in [0.15, 0.2) is 0 Å². The molecule has 1 heterocycles. The van der Waals surface area contributed by atoms with Gasteiger partial charge in [-0.3, -0.25) is 0 Å². The molecule has 2 fully saturated rings. The van der Waals surface area contributed by atoms with Gasteiger partial charge in [0, 0.05) is 25.2 Å². The molecule has 1 aliphatic carbocycles. The molecule has 25 heavy (non-hydrogen) atoms. The predicted molar refractivity (Wildman–Crippen MR) is 101 cm³/mol. The van der Waals surface area contributed by atoms with Crippen LogP contribution in [0.15, 0.2) is 42.5 Å². The van der Waals surface area contributed by atoms with Crippen LogP contribution in [0.2, 0.25) is 0 Å². The van der Waals surface area contributed by atoms with Crippen molar-refractivity contribution in [3.8, 4) is 0 Å². The first-order chi connectivity index (χ1) is 12.3. The summed E-state index contributed by atoms with van der Waals surface area (Å²) < 4.78 is 5.64. The molecule has 0 aromatic heterocycles. The molecule has 1 aliphatic heterocycles. The molecule has 3 N–H and O–H groups in total. The minimum absolute atomic E-state index is 0.451. The number of benzene rings is 2. The van der Waals surface area contributed by atoms with Crippen LogP contribution in [0.25, 0.3) is 10.8 Å². The Hall–Kier alpha value is -1.46. The van der Waals surface area contributed by atoms with E-state index >= 15 is 0 Å². The molecular weight excluding hydrogens is 312 g/mol. The molecule has 1 saturated heterocycles. The molecule has 134 valence electrons. The number of fused-ring (bicyclic) bond motifs is 1. The standard InChI is InChI=1S/C21H28N2O2/c24-21(17-9-8-15-4-1-2-5-16(15)12-17)13-23-19-7-3-6-18(19)20-14-25-11-10-22-20/h1-2,4-5,8-9,12,18-24H,3,6-7,10-11,13-14H2. The largest absolute Gasteiger partial charge is 0.387 e. The molecule has 0 spiro atoms. The van der Waals surface area contributed by atoms with E-state index < -0.39 is 6.10 Å². The molecule has 2 aromatic carbocycles. The lowest BCUT2D eigenvalue weighted by Gasteiger charge is -2.33. The minimum Gasteiger partial charge on any atom is -0.387 e. The normalized spacial score (nSPS) is 28.3. The van der Waals surface area contributed by atoms with E-state index in [-0.39, 0.29) is 0 Å². The van der Waals surface area contributed by atoms with Crippen LogP contribution < -0.4 is 10.6 Å². The van der Waals surface area contributed by atoms with Gasteiger partial charge in [0.1, 0.15) is 0 Å². The molecule has 0 bridgehead atoms. The molecule has 4 atom stereocenters. The summed E-state index contributed by atoms with van der Waals surface area (Å²) in [5.74, 6) is 0.601. The van der Waals surface area contributed by atoms with Crippen LogP contribution in [0.3, 0.4) is 0 Å². The first-order valence-corrected chi connectivity index (χ1v) is 9.52. The number of rotatable bonds is 5. The lowest BCUT2D eigenvalue weighted by molar-refractivity contribution is 0.0513. The van der Waals surface area contributed by atoms with E-state index in [1.807, 2.05) is 18.2 Å². The quantitative estimate of drug-likeness (QED) is 0.783. The molecule has 2 aromatic rings. The van der Waals surface area contributed by atoms with E-state index in [4.69, 9.17) is 4.74 Å². The monoisotopic (exact) mass is 340 g/mol. The average Bonchev–Trinajstić information content (AvgIpc) is 3.15. The Bertz CT molecular complexity index is 699. The number of hydrogen-bond acceptors (Lipinski definition) is 4. The van der Waals surface area contributed by atoms with Gasteiger partial charge in [0.2, 0.25) is 0 Å². The van der Waals surface area contributed by atoms with Crippen LogP contribution in [0.1, 0.15) is 30.9 Å². The first-order valence-electron chi connectivity index (χ1n) is 9.52. The number of aliphatic hydroxyl groups is 1. The molecule has 4 nitrogen and oxygen atoms in total. The van der Waals surface area contributed by atoms with Crippen LogP contribution in [0.4, 0.5) is 0 Å². The van der Waals surface area contributed by atoms with E-state index in [1.54, 1.807) is 0 Å². The Labute approximate surface area is 149 Å². The fourth-order valence-corrected chi connectivity index (χ4v) is 4.38. The molecule has 1 saturated carbocycles. The maximum atomic E-state index is 10.6. The third kappa shape index (κ3) is 3.87. The van der Waals surface area contributed by atoms with Gasteiger partial charge in [0.25, 0.3) is 0 Å². The van der Waals surface area contributed by atoms with Gasteiger partial charge in [0.05, 0.1) is 19.3 Å². The summed E-state index contributed by atoms with van der Waals surface area (Å²) in [7, 11) is 0. The number of aliphatic hydroxyl groups excluding tert-OH is 1. The van der Waals surface area contributed by atoms with Crippen molar-refractivity contribution in [1.29, 1.82) is 0 Å². The average molecular weight is 340 g/mol. The highest BCUT2D eigenvalue weighted by Gasteiger charge is 2.34. The minimum atomic E-state index is -0.471. The zero-order valence-electron chi connectivity index (χ0n) is 14.7. The number of ether oxygens (including phenoxy) is 1. The molecule has 0 amide bonds. The highest BCUT2D eigenvalue weighted by molar-refractivity contribution is 5.83. The van der Waals surface area contributed by atoms with Crippen molar-refractivity contribution in [2.45, 2.75) is 37.5 Å². The fraction of sp³-hybridized carbons (Fsp3) is 0.524. The van der Waals surface area contributed by atoms with Crippen molar-refractivity contribution in [2.75, 3.05) is 26.3 Å². The Balaban J connectivity index is 1.37. The Morgan fingerprint density at radius 3 is 2.88 bits per heavy atom. The van der Waals surface area contributed by atoms with Gasteiger partial charge in [-0.15, -0.1) is 0 Å². The van der Waals surface area contributed by atoms with Crippen molar-refractivity contribution in [1.82, 2.24) is 10.6 Å². The van der Waals surface area contributed by atoms with Gasteiger partial charge in [-0.2, -0.15) is 0 Å². The smallest absolute Gasteiger partial charge is 0.0914 e. The highest BCUT2D eigenvalue weighted by atomic mass is 16.5. The fourth-order valence-electron chi connectivity index (χ4n) is 4.38. The van der Waals surface area contributed by atoms with Crippen LogP contribution in [0, 0.1) is 5.92 Å². The van der Waals surface area contributed by atoms with E-state index in [0.717, 1.165) is 25.3 Å². The molecule has 4 heteroatoms. The summed E-state index contributed by atoms with van der Waals surface area (Å²) in [4.78, 5) is 0. The van der Waals surface area contributed by atoms with Crippen molar-refractivity contribution in [3.05, 3.63) is 48.0 Å². The molecule has 2 aliphatic rings. The topological polar surface area (TPSA) is 53.5 Å². The molecule has 4 rings (SSSR count). The van der Waals surface area contributed by atoms with E-state index in [9.17, 15) is 5.11 Å². The maximum absolute atomic E-state index is 10.6. The Kier molecular flexibility index (Phi) is 5.32. The van der Waals surface area contributed by atoms with Gasteiger partial charge in [-0.05, 0) is 41.2 Å². The third-order valence-electron chi connectivity index (χ3n) is 5.77. The van der Waals surface area contributed by atoms with Crippen molar-refractivity contribution >= 4 is 10.8 Å². The Morgan fingerprint density at radius 2 is 2.04 bits per heavy atom. The summed E-state index contributed by atoms with van der Waals surface area (Å²) in [5.41, 5.74) is 0.986. The van der Waals surface area contributed by atoms with Gasteiger partial charge < -0.3 is 20.5 Å². The molecular formula is C21H28N2O2. The summed E-state index contributed by atoms with van der Waals surface area (Å²) >= 11 is 0. The van der Waals surface area contributed by atoms with Crippen LogP contribution >= 0.6 is 0 Å². The second-order valence-electron chi connectivity index (χ2n) is 7.37. The lowest BCUT2D eigenvalue weighted by atomic mass is 9.93. The van der Waals surface area contributed by atoms with Crippen LogP contribution in [-0.2, 0) is 4.74 Å². The summed E-state index contributed by atoms with van der Waals surface area (Å²) in [5, 5.41) is 20.3. The lowest BCUT2D eigenvalue weighted by Crippen LogP contribution is -2.51. The van der Waals surface area contributed by atoms with E-state index in [0.29, 0.717) is 24.5 Å². The number of morpholine rings is 1. The van der Waals surface area contributed by atoms with E-state index in [2.05, 4.69) is 34.9 Å². The maximum Gasteiger partial charge on any atom is 0.0914 e. The zero-order chi connectivity index (χ0) is 17.1. The van der Waals surface area contributed by atoms with Crippen LogP contribution in [-0.4, -0.2) is 43.5 Å². The highest BCUT2D eigenvalue weighted by Crippen LogP contribution is 2.30. The van der Waals surface area contributed by atoms with Gasteiger partial charge in [-0.1, -0.05) is 42.8 Å². The molecule has 4 unspecified atom stereocenters. The predicted octanol–water partition coefficient (Wildman–Crippen LogP) is 2.62. The second kappa shape index (κ2) is 7.83. The SMILES string of the molecule is OC(CNC1CCCC1C1COCCN1)c1ccc2ccccc2c1. The summed E-state index contributed by atoms with van der Waals surface area (Å²) in [6, 6.07) is 15.4. The van der Waals surface area contributed by atoms with E-state index in [1.165, 1.54) is 30.0 Å². The zero-order valence-corrected chi connectivity index (χ0v) is 14.7. The third-order valence-corrected chi connectivity index (χ3v) is 5.77. The van der Waals surface area contributed by atoms with Gasteiger partial charge >= 0.3 is 0 Å². The van der Waals surface area contributed by atoms with Crippen LogP contribution in [0.5, 0.6) is 0 Å². The summed E-state index contributed by atoms with van der Waals surface area (Å²) in [6.45, 7) is 3.19. The second-order valence-corrected chi connectivity index (χ2v) is 7.37. The number of nitrogens with one attached hydrogen (secondary N) is 2. The molecule has 0 radical (unpaired) electrons.